The number of nitrogens with two attached hydrogens (primary N) is 1. The van der Waals surface area contributed by atoms with E-state index in [4.69, 9.17) is 19.9 Å². The Morgan fingerprint density at radius 3 is 2.72 bits per heavy atom. The molecule has 1 aliphatic rings. The Morgan fingerprint density at radius 1 is 1.33 bits per heavy atom. The third-order valence-electron chi connectivity index (χ3n) is 3.45. The second kappa shape index (κ2) is 6.07. The van der Waals surface area contributed by atoms with Gasteiger partial charge in [0.2, 0.25) is 0 Å². The van der Waals surface area contributed by atoms with Crippen LogP contribution in [0.15, 0.2) is 18.2 Å². The van der Waals surface area contributed by atoms with Gasteiger partial charge in [0.25, 0.3) is 0 Å². The summed E-state index contributed by atoms with van der Waals surface area (Å²) < 4.78 is 15.9. The third kappa shape index (κ3) is 2.94. The highest BCUT2D eigenvalue weighted by Gasteiger charge is 2.20. The maximum absolute atomic E-state index is 6.24. The van der Waals surface area contributed by atoms with Crippen molar-refractivity contribution < 1.29 is 14.2 Å². The van der Waals surface area contributed by atoms with Crippen LogP contribution in [0.4, 0.5) is 0 Å². The number of benzene rings is 1. The van der Waals surface area contributed by atoms with Crippen molar-refractivity contribution in [2.24, 2.45) is 11.7 Å². The first kappa shape index (κ1) is 13.2. The molecule has 100 valence electrons. The minimum absolute atomic E-state index is 0.0245. The molecule has 0 radical (unpaired) electrons. The molecule has 2 N–H and O–H groups in total. The van der Waals surface area contributed by atoms with E-state index in [1.807, 2.05) is 18.2 Å². The quantitative estimate of drug-likeness (QED) is 0.871. The number of hydrogen-bond donors (Lipinski definition) is 1. The maximum atomic E-state index is 6.24. The summed E-state index contributed by atoms with van der Waals surface area (Å²) in [6.45, 7) is 1.70. The van der Waals surface area contributed by atoms with Crippen LogP contribution in [-0.4, -0.2) is 27.4 Å². The molecular weight excluding hydrogens is 230 g/mol. The topological polar surface area (TPSA) is 53.7 Å². The lowest BCUT2D eigenvalue weighted by Crippen LogP contribution is -2.15. The van der Waals surface area contributed by atoms with Gasteiger partial charge >= 0.3 is 0 Å². The van der Waals surface area contributed by atoms with Gasteiger partial charge in [0, 0.05) is 19.3 Å². The van der Waals surface area contributed by atoms with Gasteiger partial charge in [-0.25, -0.2) is 0 Å². The summed E-state index contributed by atoms with van der Waals surface area (Å²) in [7, 11) is 3.27. The SMILES string of the molecule is COc1ccc(C(N)CC2CCOC2)cc1OC. The first-order valence-electron chi connectivity index (χ1n) is 6.30. The van der Waals surface area contributed by atoms with Crippen molar-refractivity contribution >= 4 is 0 Å². The first-order valence-corrected chi connectivity index (χ1v) is 6.30. The molecule has 4 nitrogen and oxygen atoms in total. The van der Waals surface area contributed by atoms with Gasteiger partial charge in [-0.05, 0) is 36.5 Å². The number of ether oxygens (including phenoxy) is 3. The van der Waals surface area contributed by atoms with Gasteiger partial charge in [-0.1, -0.05) is 6.07 Å². The molecule has 2 atom stereocenters. The van der Waals surface area contributed by atoms with E-state index in [-0.39, 0.29) is 6.04 Å². The van der Waals surface area contributed by atoms with E-state index in [0.29, 0.717) is 5.92 Å². The molecule has 0 aromatic heterocycles. The Bertz CT molecular complexity index is 389. The van der Waals surface area contributed by atoms with E-state index in [1.54, 1.807) is 14.2 Å². The van der Waals surface area contributed by atoms with Crippen molar-refractivity contribution in [2.75, 3.05) is 27.4 Å². The summed E-state index contributed by atoms with van der Waals surface area (Å²) in [5.41, 5.74) is 7.32. The fourth-order valence-corrected chi connectivity index (χ4v) is 2.35. The highest BCUT2D eigenvalue weighted by atomic mass is 16.5. The molecule has 1 fully saturated rings. The standard InChI is InChI=1S/C14H21NO3/c1-16-13-4-3-11(8-14(13)17-2)12(15)7-10-5-6-18-9-10/h3-4,8,10,12H,5-7,9,15H2,1-2H3. The van der Waals surface area contributed by atoms with E-state index < -0.39 is 0 Å². The molecule has 1 aromatic carbocycles. The molecular formula is C14H21NO3. The van der Waals surface area contributed by atoms with Crippen LogP contribution in [0.2, 0.25) is 0 Å². The van der Waals surface area contributed by atoms with Gasteiger partial charge in [0.15, 0.2) is 11.5 Å². The number of hydrogen-bond acceptors (Lipinski definition) is 4. The molecule has 0 bridgehead atoms. The zero-order valence-corrected chi connectivity index (χ0v) is 11.0. The van der Waals surface area contributed by atoms with E-state index in [0.717, 1.165) is 43.1 Å². The lowest BCUT2D eigenvalue weighted by molar-refractivity contribution is 0.182. The van der Waals surface area contributed by atoms with Crippen LogP contribution in [0.3, 0.4) is 0 Å². The van der Waals surface area contributed by atoms with Gasteiger partial charge in [-0.2, -0.15) is 0 Å². The summed E-state index contributed by atoms with van der Waals surface area (Å²) in [6, 6.07) is 5.89. The average molecular weight is 251 g/mol. The Morgan fingerprint density at radius 2 is 2.11 bits per heavy atom. The minimum Gasteiger partial charge on any atom is -0.493 e. The summed E-state index contributed by atoms with van der Waals surface area (Å²) in [5.74, 6) is 2.04. The molecule has 0 aliphatic carbocycles. The normalized spacial score (nSPS) is 20.7. The predicted octanol–water partition coefficient (Wildman–Crippen LogP) is 2.13. The van der Waals surface area contributed by atoms with Crippen molar-refractivity contribution in [2.45, 2.75) is 18.9 Å². The molecule has 1 heterocycles. The molecule has 1 saturated heterocycles. The highest BCUT2D eigenvalue weighted by Crippen LogP contribution is 2.32. The molecule has 1 aromatic rings. The fourth-order valence-electron chi connectivity index (χ4n) is 2.35. The van der Waals surface area contributed by atoms with Crippen molar-refractivity contribution in [3.63, 3.8) is 0 Å². The Kier molecular flexibility index (Phi) is 4.44. The summed E-state index contributed by atoms with van der Waals surface area (Å²) in [4.78, 5) is 0. The zero-order chi connectivity index (χ0) is 13.0. The van der Waals surface area contributed by atoms with E-state index >= 15 is 0 Å². The van der Waals surface area contributed by atoms with Crippen LogP contribution in [-0.2, 0) is 4.74 Å². The number of rotatable bonds is 5. The second-order valence-electron chi connectivity index (χ2n) is 4.69. The van der Waals surface area contributed by atoms with Crippen LogP contribution < -0.4 is 15.2 Å². The van der Waals surface area contributed by atoms with Gasteiger partial charge < -0.3 is 19.9 Å². The Hall–Kier alpha value is -1.26. The van der Waals surface area contributed by atoms with Crippen LogP contribution in [0.1, 0.15) is 24.4 Å². The Labute approximate surface area is 108 Å². The monoisotopic (exact) mass is 251 g/mol. The van der Waals surface area contributed by atoms with E-state index in [2.05, 4.69) is 0 Å². The molecule has 1 aliphatic heterocycles. The largest absolute Gasteiger partial charge is 0.493 e. The Balaban J connectivity index is 2.06. The van der Waals surface area contributed by atoms with Crippen molar-refractivity contribution in [1.82, 2.24) is 0 Å². The fraction of sp³-hybridized carbons (Fsp3) is 0.571. The maximum Gasteiger partial charge on any atom is 0.161 e. The molecule has 0 spiro atoms. The van der Waals surface area contributed by atoms with Gasteiger partial charge in [-0.15, -0.1) is 0 Å². The van der Waals surface area contributed by atoms with E-state index in [1.165, 1.54) is 0 Å². The lowest BCUT2D eigenvalue weighted by Gasteiger charge is -2.17. The smallest absolute Gasteiger partial charge is 0.161 e. The minimum atomic E-state index is 0.0245. The zero-order valence-electron chi connectivity index (χ0n) is 11.0. The van der Waals surface area contributed by atoms with Gasteiger partial charge in [0.05, 0.1) is 14.2 Å². The summed E-state index contributed by atoms with van der Waals surface area (Å²) in [6.07, 6.45) is 2.07. The molecule has 18 heavy (non-hydrogen) atoms. The van der Waals surface area contributed by atoms with Crippen LogP contribution in [0, 0.1) is 5.92 Å². The third-order valence-corrected chi connectivity index (χ3v) is 3.45. The van der Waals surface area contributed by atoms with Crippen LogP contribution in [0.5, 0.6) is 11.5 Å². The van der Waals surface area contributed by atoms with Crippen molar-refractivity contribution in [3.8, 4) is 11.5 Å². The molecule has 4 heteroatoms. The van der Waals surface area contributed by atoms with Crippen molar-refractivity contribution in [1.29, 1.82) is 0 Å². The lowest BCUT2D eigenvalue weighted by atomic mass is 9.94. The molecule has 2 unspecified atom stereocenters. The van der Waals surface area contributed by atoms with Crippen molar-refractivity contribution in [3.05, 3.63) is 23.8 Å². The average Bonchev–Trinajstić information content (AvgIpc) is 2.90. The van der Waals surface area contributed by atoms with Gasteiger partial charge in [-0.3, -0.25) is 0 Å². The predicted molar refractivity (Wildman–Crippen MR) is 70.0 cm³/mol. The molecule has 2 rings (SSSR count). The van der Waals surface area contributed by atoms with Gasteiger partial charge in [0.1, 0.15) is 0 Å². The molecule has 0 saturated carbocycles. The summed E-state index contributed by atoms with van der Waals surface area (Å²) >= 11 is 0. The number of methoxy groups -OCH3 is 2. The second-order valence-corrected chi connectivity index (χ2v) is 4.69. The van der Waals surface area contributed by atoms with E-state index in [9.17, 15) is 0 Å². The summed E-state index contributed by atoms with van der Waals surface area (Å²) in [5, 5.41) is 0. The first-order chi connectivity index (χ1) is 8.74. The van der Waals surface area contributed by atoms with Crippen LogP contribution >= 0.6 is 0 Å². The van der Waals surface area contributed by atoms with Crippen LogP contribution in [0.25, 0.3) is 0 Å². The molecule has 0 amide bonds. The highest BCUT2D eigenvalue weighted by molar-refractivity contribution is 5.43.